The van der Waals surface area contributed by atoms with Crippen LogP contribution in [0.1, 0.15) is 5.56 Å². The van der Waals surface area contributed by atoms with Crippen LogP contribution in [0.25, 0.3) is 83.8 Å². The third kappa shape index (κ3) is 4.98. The molecule has 0 N–H and O–H groups in total. The van der Waals surface area contributed by atoms with Gasteiger partial charge in [-0.3, -0.25) is 0 Å². The number of aromatic nitrogens is 5. The van der Waals surface area contributed by atoms with E-state index in [0.29, 0.717) is 28.5 Å². The van der Waals surface area contributed by atoms with Gasteiger partial charge in [-0.2, -0.15) is 5.26 Å². The second kappa shape index (κ2) is 11.7. The highest BCUT2D eigenvalue weighted by molar-refractivity contribution is 6.09. The van der Waals surface area contributed by atoms with Gasteiger partial charge in [-0.15, -0.1) is 0 Å². The molecule has 6 nitrogen and oxygen atoms in total. The summed E-state index contributed by atoms with van der Waals surface area (Å²) in [5.74, 6) is 0.589. The molecule has 0 spiro atoms. The molecule has 0 amide bonds. The van der Waals surface area contributed by atoms with E-state index in [2.05, 4.69) is 95.6 Å². The summed E-state index contributed by atoms with van der Waals surface area (Å²) in [6, 6.07) is 55.0. The molecule has 9 aromatic rings. The van der Waals surface area contributed by atoms with Crippen molar-refractivity contribution in [2.24, 2.45) is 0 Å². The molecule has 0 aliphatic rings. The maximum Gasteiger partial charge on any atom is 0.160 e. The minimum absolute atomic E-state index is 0.582. The zero-order valence-electron chi connectivity index (χ0n) is 26.2. The Hall–Kier alpha value is -6.97. The molecule has 0 fully saturated rings. The summed E-state index contributed by atoms with van der Waals surface area (Å²) < 4.78 is 2.30. The van der Waals surface area contributed by atoms with Gasteiger partial charge in [0.2, 0.25) is 0 Å². The fourth-order valence-electron chi connectivity index (χ4n) is 6.50. The first kappa shape index (κ1) is 28.3. The molecule has 0 radical (unpaired) electrons. The average molecular weight is 627 g/mol. The van der Waals surface area contributed by atoms with E-state index >= 15 is 0 Å². The third-order valence-corrected chi connectivity index (χ3v) is 8.86. The van der Waals surface area contributed by atoms with Crippen LogP contribution in [-0.2, 0) is 0 Å². The van der Waals surface area contributed by atoms with Crippen LogP contribution in [0.3, 0.4) is 0 Å². The summed E-state index contributed by atoms with van der Waals surface area (Å²) in [6.45, 7) is 0. The maximum absolute atomic E-state index is 9.42. The van der Waals surface area contributed by atoms with Crippen molar-refractivity contribution in [1.29, 1.82) is 5.26 Å². The Kier molecular flexibility index (Phi) is 6.74. The summed E-state index contributed by atoms with van der Waals surface area (Å²) in [5.41, 5.74) is 11.0. The Balaban J connectivity index is 1.23. The number of hydrogen-bond donors (Lipinski definition) is 0. The molecule has 0 saturated carbocycles. The van der Waals surface area contributed by atoms with E-state index < -0.39 is 0 Å². The lowest BCUT2D eigenvalue weighted by molar-refractivity contribution is 1.15. The minimum atomic E-state index is 0.582. The number of nitriles is 1. The number of benzene rings is 6. The molecule has 3 heterocycles. The van der Waals surface area contributed by atoms with Crippen molar-refractivity contribution >= 4 is 32.8 Å². The molecule has 228 valence electrons. The fourth-order valence-corrected chi connectivity index (χ4v) is 6.50. The van der Waals surface area contributed by atoms with Crippen molar-refractivity contribution < 1.29 is 0 Å². The predicted molar refractivity (Wildman–Crippen MR) is 196 cm³/mol. The third-order valence-electron chi connectivity index (χ3n) is 8.86. The van der Waals surface area contributed by atoms with Gasteiger partial charge in [-0.05, 0) is 66.7 Å². The molecule has 3 aromatic heterocycles. The summed E-state index contributed by atoms with van der Waals surface area (Å²) >= 11 is 0. The van der Waals surface area contributed by atoms with Gasteiger partial charge in [0.1, 0.15) is 5.69 Å². The van der Waals surface area contributed by atoms with Crippen molar-refractivity contribution in [1.82, 2.24) is 24.5 Å². The van der Waals surface area contributed by atoms with Crippen LogP contribution in [0, 0.1) is 11.3 Å². The van der Waals surface area contributed by atoms with Crippen LogP contribution >= 0.6 is 0 Å². The number of para-hydroxylation sites is 4. The Morgan fingerprint density at radius 3 is 1.65 bits per heavy atom. The van der Waals surface area contributed by atoms with Crippen molar-refractivity contribution in [2.75, 3.05) is 0 Å². The second-order valence-electron chi connectivity index (χ2n) is 11.8. The standard InChI is InChI=1S/C43H26N6/c44-27-28-18-20-30(21-19-28)41-42(46-36-15-7-6-14-35(36)45-41)38-26-37(29-10-2-1-3-11-29)47-43(48-38)31-22-24-32(25-23-31)49-39-16-8-4-12-33(39)34-13-5-9-17-40(34)49/h1-26H. The lowest BCUT2D eigenvalue weighted by Crippen LogP contribution is -2.01. The first-order valence-electron chi connectivity index (χ1n) is 16.0. The number of fused-ring (bicyclic) bond motifs is 4. The van der Waals surface area contributed by atoms with Gasteiger partial charge in [0, 0.05) is 33.2 Å². The van der Waals surface area contributed by atoms with E-state index in [0.717, 1.165) is 50.1 Å². The number of nitrogens with zero attached hydrogens (tertiary/aromatic N) is 6. The molecule has 6 heteroatoms. The van der Waals surface area contributed by atoms with Gasteiger partial charge in [0.15, 0.2) is 5.82 Å². The fraction of sp³-hybridized carbons (Fsp3) is 0. The van der Waals surface area contributed by atoms with Crippen LogP contribution in [0.4, 0.5) is 0 Å². The molecule has 6 aromatic carbocycles. The molecule has 0 aliphatic carbocycles. The Bertz CT molecular complexity index is 2650. The van der Waals surface area contributed by atoms with E-state index in [-0.39, 0.29) is 0 Å². The quantitative estimate of drug-likeness (QED) is 0.190. The van der Waals surface area contributed by atoms with Gasteiger partial charge >= 0.3 is 0 Å². The molecular formula is C43H26N6. The van der Waals surface area contributed by atoms with Crippen LogP contribution in [0.5, 0.6) is 0 Å². The SMILES string of the molecule is N#Cc1ccc(-c2nc3ccccc3nc2-c2cc(-c3ccccc3)nc(-c3ccc(-n4c5ccccc5c5ccccc54)cc3)n2)cc1. The van der Waals surface area contributed by atoms with Gasteiger partial charge < -0.3 is 4.57 Å². The summed E-state index contributed by atoms with van der Waals surface area (Å²) in [5, 5.41) is 11.9. The zero-order valence-corrected chi connectivity index (χ0v) is 26.2. The zero-order chi connectivity index (χ0) is 32.7. The summed E-state index contributed by atoms with van der Waals surface area (Å²) in [7, 11) is 0. The van der Waals surface area contributed by atoms with Crippen molar-refractivity contribution in [3.8, 4) is 57.0 Å². The molecule has 0 atom stereocenters. The molecule has 9 rings (SSSR count). The van der Waals surface area contributed by atoms with E-state index in [1.807, 2.05) is 60.7 Å². The Labute approximate surface area is 282 Å². The topological polar surface area (TPSA) is 80.3 Å². The molecule has 0 saturated heterocycles. The summed E-state index contributed by atoms with van der Waals surface area (Å²) in [6.07, 6.45) is 0. The highest BCUT2D eigenvalue weighted by Crippen LogP contribution is 2.35. The van der Waals surface area contributed by atoms with Crippen LogP contribution in [-0.4, -0.2) is 24.5 Å². The smallest absolute Gasteiger partial charge is 0.160 e. The second-order valence-corrected chi connectivity index (χ2v) is 11.8. The van der Waals surface area contributed by atoms with E-state index in [1.54, 1.807) is 12.1 Å². The number of rotatable bonds is 5. The monoisotopic (exact) mass is 626 g/mol. The summed E-state index contributed by atoms with van der Waals surface area (Å²) in [4.78, 5) is 20.4. The van der Waals surface area contributed by atoms with Gasteiger partial charge in [-0.1, -0.05) is 91.0 Å². The van der Waals surface area contributed by atoms with Crippen molar-refractivity contribution in [3.63, 3.8) is 0 Å². The Morgan fingerprint density at radius 2 is 1.00 bits per heavy atom. The van der Waals surface area contributed by atoms with E-state index in [1.165, 1.54) is 10.8 Å². The molecular weight excluding hydrogens is 601 g/mol. The molecule has 0 unspecified atom stereocenters. The van der Waals surface area contributed by atoms with Crippen LogP contribution < -0.4 is 0 Å². The minimum Gasteiger partial charge on any atom is -0.309 e. The first-order valence-corrected chi connectivity index (χ1v) is 16.0. The van der Waals surface area contributed by atoms with Crippen molar-refractivity contribution in [2.45, 2.75) is 0 Å². The highest BCUT2D eigenvalue weighted by atomic mass is 15.0. The van der Waals surface area contributed by atoms with Gasteiger partial charge in [-0.25, -0.2) is 19.9 Å². The van der Waals surface area contributed by atoms with Crippen LogP contribution in [0.15, 0.2) is 158 Å². The lowest BCUT2D eigenvalue weighted by Gasteiger charge is -2.13. The van der Waals surface area contributed by atoms with Gasteiger partial charge in [0.25, 0.3) is 0 Å². The van der Waals surface area contributed by atoms with E-state index in [4.69, 9.17) is 19.9 Å². The first-order chi connectivity index (χ1) is 24.2. The lowest BCUT2D eigenvalue weighted by atomic mass is 10.0. The predicted octanol–water partition coefficient (Wildman–Crippen LogP) is 10.1. The maximum atomic E-state index is 9.42. The van der Waals surface area contributed by atoms with Crippen molar-refractivity contribution in [3.05, 3.63) is 163 Å². The van der Waals surface area contributed by atoms with Gasteiger partial charge in [0.05, 0.1) is 50.8 Å². The Morgan fingerprint density at radius 1 is 0.449 bits per heavy atom. The average Bonchev–Trinajstić information content (AvgIpc) is 3.52. The molecule has 0 aliphatic heterocycles. The van der Waals surface area contributed by atoms with E-state index in [9.17, 15) is 5.26 Å². The largest absolute Gasteiger partial charge is 0.309 e. The normalized spacial score (nSPS) is 11.2. The van der Waals surface area contributed by atoms with Crippen LogP contribution in [0.2, 0.25) is 0 Å². The highest BCUT2D eigenvalue weighted by Gasteiger charge is 2.19. The molecule has 49 heavy (non-hydrogen) atoms. The number of hydrogen-bond acceptors (Lipinski definition) is 5. The molecule has 0 bridgehead atoms.